The third kappa shape index (κ3) is 3.89. The van der Waals surface area contributed by atoms with E-state index in [-0.39, 0.29) is 11.4 Å². The van der Waals surface area contributed by atoms with Crippen LogP contribution in [0.25, 0.3) is 0 Å². The number of nitrogens with one attached hydrogen (secondary N) is 2. The minimum absolute atomic E-state index is 0.333. The van der Waals surface area contributed by atoms with Crippen LogP contribution in [-0.4, -0.2) is 30.3 Å². The number of ether oxygens (including phenoxy) is 2. The molecule has 1 amide bonds. The van der Waals surface area contributed by atoms with E-state index in [1.54, 1.807) is 20.8 Å². The van der Waals surface area contributed by atoms with Gasteiger partial charge >= 0.3 is 12.1 Å². The zero-order valence-corrected chi connectivity index (χ0v) is 10.9. The molecule has 1 fully saturated rings. The molecule has 0 aliphatic carbocycles. The molecule has 17 heavy (non-hydrogen) atoms. The Morgan fingerprint density at radius 1 is 1.47 bits per heavy atom. The number of amides is 1. The molecular formula is C11H20N2O4. The largest absolute Gasteiger partial charge is 0.464 e. The van der Waals surface area contributed by atoms with Crippen molar-refractivity contribution in [1.29, 1.82) is 0 Å². The van der Waals surface area contributed by atoms with Crippen molar-refractivity contribution in [3.63, 3.8) is 0 Å². The molecule has 1 saturated heterocycles. The van der Waals surface area contributed by atoms with Crippen molar-refractivity contribution in [2.24, 2.45) is 5.41 Å². The van der Waals surface area contributed by atoms with Gasteiger partial charge in [0.2, 0.25) is 0 Å². The molecule has 0 bridgehead atoms. The molecule has 6 nitrogen and oxygen atoms in total. The summed E-state index contributed by atoms with van der Waals surface area (Å²) < 4.78 is 9.96. The number of carbonyl (C=O) groups excluding carboxylic acids is 2. The first-order valence-electron chi connectivity index (χ1n) is 5.53. The number of rotatable bonds is 2. The van der Waals surface area contributed by atoms with Crippen molar-refractivity contribution < 1.29 is 19.1 Å². The van der Waals surface area contributed by atoms with Gasteiger partial charge in [0.25, 0.3) is 0 Å². The van der Waals surface area contributed by atoms with Gasteiger partial charge in [-0.05, 0) is 20.8 Å². The standard InChI is InChI=1S/C11H20N2O4/c1-10(2,3)17-9(15)13-12-7-8(14)16-6-11(7,4)5/h7,12H,6H2,1-5H3,(H,13,15)/t7-/m1/s1. The van der Waals surface area contributed by atoms with Crippen LogP contribution in [-0.2, 0) is 14.3 Å². The Hall–Kier alpha value is -1.30. The second-order valence-corrected chi connectivity index (χ2v) is 5.80. The summed E-state index contributed by atoms with van der Waals surface area (Å²) >= 11 is 0. The molecule has 0 aromatic rings. The van der Waals surface area contributed by atoms with Crippen molar-refractivity contribution in [2.75, 3.05) is 6.61 Å². The molecule has 0 saturated carbocycles. The maximum absolute atomic E-state index is 11.4. The van der Waals surface area contributed by atoms with E-state index in [0.717, 1.165) is 0 Å². The number of carbonyl (C=O) groups is 2. The first-order valence-corrected chi connectivity index (χ1v) is 5.53. The fourth-order valence-electron chi connectivity index (χ4n) is 1.43. The summed E-state index contributed by atoms with van der Waals surface area (Å²) in [5, 5.41) is 0. The highest BCUT2D eigenvalue weighted by atomic mass is 16.6. The molecule has 1 atom stereocenters. The van der Waals surface area contributed by atoms with Gasteiger partial charge in [-0.3, -0.25) is 10.2 Å². The maximum Gasteiger partial charge on any atom is 0.422 e. The van der Waals surface area contributed by atoms with Gasteiger partial charge in [0, 0.05) is 5.41 Å². The first-order chi connectivity index (χ1) is 7.62. The smallest absolute Gasteiger partial charge is 0.422 e. The maximum atomic E-state index is 11.4. The molecule has 0 aromatic heterocycles. The van der Waals surface area contributed by atoms with Gasteiger partial charge in [-0.2, -0.15) is 0 Å². The Kier molecular flexibility index (Phi) is 3.66. The predicted molar refractivity (Wildman–Crippen MR) is 61.0 cm³/mol. The second kappa shape index (κ2) is 4.52. The lowest BCUT2D eigenvalue weighted by molar-refractivity contribution is -0.139. The van der Waals surface area contributed by atoms with Gasteiger partial charge in [-0.25, -0.2) is 10.2 Å². The van der Waals surface area contributed by atoms with E-state index in [4.69, 9.17) is 9.47 Å². The third-order valence-corrected chi connectivity index (χ3v) is 2.32. The lowest BCUT2D eigenvalue weighted by Crippen LogP contribution is -2.53. The van der Waals surface area contributed by atoms with Crippen LogP contribution in [0.15, 0.2) is 0 Å². The van der Waals surface area contributed by atoms with Gasteiger partial charge in [-0.15, -0.1) is 0 Å². The van der Waals surface area contributed by atoms with E-state index < -0.39 is 17.7 Å². The average Bonchev–Trinajstić information content (AvgIpc) is 2.35. The average molecular weight is 244 g/mol. The number of hydrogen-bond acceptors (Lipinski definition) is 5. The molecule has 0 aromatic carbocycles. The monoisotopic (exact) mass is 244 g/mol. The quantitative estimate of drug-likeness (QED) is 0.559. The lowest BCUT2D eigenvalue weighted by Gasteiger charge is -2.24. The summed E-state index contributed by atoms with van der Waals surface area (Å²) in [4.78, 5) is 22.8. The topological polar surface area (TPSA) is 76.7 Å². The van der Waals surface area contributed by atoms with Crippen molar-refractivity contribution in [1.82, 2.24) is 10.9 Å². The van der Waals surface area contributed by atoms with Crippen molar-refractivity contribution in [3.05, 3.63) is 0 Å². The predicted octanol–water partition coefficient (Wildman–Crippen LogP) is 0.967. The summed E-state index contributed by atoms with van der Waals surface area (Å²) in [6, 6.07) is -0.560. The van der Waals surface area contributed by atoms with Crippen LogP contribution in [0.5, 0.6) is 0 Å². The van der Waals surface area contributed by atoms with E-state index >= 15 is 0 Å². The number of cyclic esters (lactones) is 1. The Morgan fingerprint density at radius 3 is 2.47 bits per heavy atom. The summed E-state index contributed by atoms with van der Waals surface area (Å²) in [5.41, 5.74) is 4.07. The molecule has 6 heteroatoms. The van der Waals surface area contributed by atoms with E-state index in [0.29, 0.717) is 6.61 Å². The van der Waals surface area contributed by atoms with Crippen LogP contribution in [0.1, 0.15) is 34.6 Å². The fraction of sp³-hybridized carbons (Fsp3) is 0.818. The molecule has 98 valence electrons. The van der Waals surface area contributed by atoms with Crippen LogP contribution < -0.4 is 10.9 Å². The Morgan fingerprint density at radius 2 is 2.06 bits per heavy atom. The van der Waals surface area contributed by atoms with Crippen LogP contribution in [0.4, 0.5) is 4.79 Å². The zero-order valence-electron chi connectivity index (χ0n) is 10.9. The Labute approximate surface area is 101 Å². The van der Waals surface area contributed by atoms with E-state index in [2.05, 4.69) is 10.9 Å². The molecule has 2 N–H and O–H groups in total. The van der Waals surface area contributed by atoms with Crippen LogP contribution in [0.2, 0.25) is 0 Å². The molecule has 1 aliphatic rings. The van der Waals surface area contributed by atoms with E-state index in [1.807, 2.05) is 13.8 Å². The second-order valence-electron chi connectivity index (χ2n) is 5.80. The summed E-state index contributed by atoms with van der Waals surface area (Å²) in [7, 11) is 0. The van der Waals surface area contributed by atoms with Gasteiger partial charge in [-0.1, -0.05) is 13.8 Å². The molecule has 0 radical (unpaired) electrons. The molecule has 1 rings (SSSR count). The SMILES string of the molecule is CC(C)(C)OC(=O)NN[C@@H]1C(=O)OCC1(C)C. The first kappa shape index (κ1) is 13.8. The summed E-state index contributed by atoms with van der Waals surface area (Å²) in [6.45, 7) is 9.39. The Balaban J connectivity index is 2.45. The summed E-state index contributed by atoms with van der Waals surface area (Å²) in [5.74, 6) is -0.369. The number of hydrogen-bond donors (Lipinski definition) is 2. The fourth-order valence-corrected chi connectivity index (χ4v) is 1.43. The van der Waals surface area contributed by atoms with Gasteiger partial charge in [0.1, 0.15) is 11.6 Å². The van der Waals surface area contributed by atoms with Gasteiger partial charge in [0.05, 0.1) is 6.61 Å². The van der Waals surface area contributed by atoms with E-state index in [1.165, 1.54) is 0 Å². The number of esters is 1. The molecule has 1 heterocycles. The van der Waals surface area contributed by atoms with E-state index in [9.17, 15) is 9.59 Å². The lowest BCUT2D eigenvalue weighted by atomic mass is 9.88. The molecular weight excluding hydrogens is 224 g/mol. The van der Waals surface area contributed by atoms with Crippen molar-refractivity contribution in [3.8, 4) is 0 Å². The zero-order chi connectivity index (χ0) is 13.3. The highest BCUT2D eigenvalue weighted by molar-refractivity contribution is 5.79. The van der Waals surface area contributed by atoms with Gasteiger partial charge in [0.15, 0.2) is 0 Å². The van der Waals surface area contributed by atoms with Crippen LogP contribution in [0, 0.1) is 5.41 Å². The minimum Gasteiger partial charge on any atom is -0.464 e. The minimum atomic E-state index is -0.618. The van der Waals surface area contributed by atoms with Crippen LogP contribution in [0.3, 0.4) is 0 Å². The van der Waals surface area contributed by atoms with Gasteiger partial charge < -0.3 is 9.47 Å². The normalized spacial score (nSPS) is 23.1. The third-order valence-electron chi connectivity index (χ3n) is 2.32. The molecule has 0 unspecified atom stereocenters. The molecule has 1 aliphatic heterocycles. The van der Waals surface area contributed by atoms with Crippen molar-refractivity contribution >= 4 is 12.1 Å². The highest BCUT2D eigenvalue weighted by Crippen LogP contribution is 2.27. The summed E-state index contributed by atoms with van der Waals surface area (Å²) in [6.07, 6.45) is -0.618. The highest BCUT2D eigenvalue weighted by Gasteiger charge is 2.43. The van der Waals surface area contributed by atoms with Crippen molar-refractivity contribution in [2.45, 2.75) is 46.3 Å². The number of hydrazine groups is 1. The van der Waals surface area contributed by atoms with Crippen LogP contribution >= 0.6 is 0 Å². The Bertz CT molecular complexity index is 320. The molecule has 0 spiro atoms.